The van der Waals surface area contributed by atoms with Crippen LogP contribution in [0.4, 0.5) is 17.1 Å². The number of nitro benzene ring substituents is 3. The van der Waals surface area contributed by atoms with E-state index in [9.17, 15) is 38.8 Å². The van der Waals surface area contributed by atoms with Crippen LogP contribution in [0, 0.1) is 30.3 Å². The van der Waals surface area contributed by atoms with Crippen molar-refractivity contribution in [3.63, 3.8) is 0 Å². The van der Waals surface area contributed by atoms with Gasteiger partial charge in [-0.05, 0) is 0 Å². The summed E-state index contributed by atoms with van der Waals surface area (Å²) in [6.45, 7) is 0. The molecule has 0 spiro atoms. The molecule has 20 heavy (non-hydrogen) atoms. The Bertz CT molecular complexity index is 743. The molecule has 0 saturated heterocycles. The van der Waals surface area contributed by atoms with Crippen LogP contribution in [0.3, 0.4) is 0 Å². The number of benzene rings is 1. The first kappa shape index (κ1) is 15.7. The second-order valence-corrected chi connectivity index (χ2v) is 4.92. The molecule has 1 N–H and O–H groups in total. The highest BCUT2D eigenvalue weighted by molar-refractivity contribution is 7.86. The van der Waals surface area contributed by atoms with Crippen LogP contribution in [0.2, 0.25) is 5.02 Å². The van der Waals surface area contributed by atoms with E-state index in [0.29, 0.717) is 0 Å². The van der Waals surface area contributed by atoms with Crippen LogP contribution in [0.25, 0.3) is 0 Å². The highest BCUT2D eigenvalue weighted by Gasteiger charge is 2.42. The maximum atomic E-state index is 10.9. The summed E-state index contributed by atoms with van der Waals surface area (Å²) >= 11 is 5.31. The lowest BCUT2D eigenvalue weighted by Crippen LogP contribution is -2.07. The van der Waals surface area contributed by atoms with Crippen LogP contribution in [0.1, 0.15) is 0 Å². The molecule has 1 rings (SSSR count). The Kier molecular flexibility index (Phi) is 3.88. The third-order valence-corrected chi connectivity index (χ3v) is 3.37. The predicted molar refractivity (Wildman–Crippen MR) is 61.2 cm³/mol. The first-order valence-corrected chi connectivity index (χ1v) is 6.07. The molecule has 0 heterocycles. The molecule has 0 aliphatic rings. The van der Waals surface area contributed by atoms with Gasteiger partial charge < -0.3 is 0 Å². The normalized spacial score (nSPS) is 11.1. The van der Waals surface area contributed by atoms with Crippen LogP contribution in [-0.4, -0.2) is 27.7 Å². The topological polar surface area (TPSA) is 184 Å². The molecule has 1 aromatic carbocycles. The molecular weight excluding hydrogens is 326 g/mol. The van der Waals surface area contributed by atoms with Crippen molar-refractivity contribution in [2.24, 2.45) is 0 Å². The zero-order chi connectivity index (χ0) is 15.8. The van der Waals surface area contributed by atoms with Crippen molar-refractivity contribution in [3.8, 4) is 0 Å². The molecule has 1 aromatic rings. The Labute approximate surface area is 113 Å². The highest BCUT2D eigenvalue weighted by Crippen LogP contribution is 2.44. The number of rotatable bonds is 4. The van der Waals surface area contributed by atoms with E-state index >= 15 is 0 Å². The van der Waals surface area contributed by atoms with Gasteiger partial charge in [0.25, 0.3) is 10.1 Å². The SMILES string of the molecule is O=[N+]([O-])c1cc(S(=O)(=O)O)c(Cl)c([N+](=O)[O-])c1[N+](=O)[O-]. The standard InChI is InChI=1S/C6H2ClN3O9S/c7-4-3(20(17,18)19)1-2(8(11)12)5(9(13)14)6(4)10(15)16/h1H,(H,17,18,19). The fourth-order valence-electron chi connectivity index (χ4n) is 1.27. The highest BCUT2D eigenvalue weighted by atomic mass is 35.5. The quantitative estimate of drug-likeness (QED) is 0.483. The van der Waals surface area contributed by atoms with Gasteiger partial charge >= 0.3 is 17.1 Å². The average Bonchev–Trinajstić information content (AvgIpc) is 2.25. The molecule has 12 nitrogen and oxygen atoms in total. The zero-order valence-electron chi connectivity index (χ0n) is 8.92. The summed E-state index contributed by atoms with van der Waals surface area (Å²) in [7, 11) is -5.15. The van der Waals surface area contributed by atoms with Gasteiger partial charge in [0.2, 0.25) is 0 Å². The molecule has 14 heteroatoms. The van der Waals surface area contributed by atoms with Crippen molar-refractivity contribution >= 4 is 38.8 Å². The second-order valence-electron chi connectivity index (χ2n) is 3.15. The van der Waals surface area contributed by atoms with Gasteiger partial charge in [-0.25, -0.2) is 0 Å². The fraction of sp³-hybridized carbons (Fsp3) is 0. The Morgan fingerprint density at radius 2 is 1.45 bits per heavy atom. The fourth-order valence-corrected chi connectivity index (χ4v) is 2.36. The van der Waals surface area contributed by atoms with E-state index in [2.05, 4.69) is 0 Å². The van der Waals surface area contributed by atoms with Crippen molar-refractivity contribution < 1.29 is 27.7 Å². The molecule has 0 unspecified atom stereocenters. The summed E-state index contributed by atoms with van der Waals surface area (Å²) in [5, 5.41) is 30.8. The first-order valence-electron chi connectivity index (χ1n) is 4.25. The lowest BCUT2D eigenvalue weighted by molar-refractivity contribution is -0.441. The number of hydrogen-bond donors (Lipinski definition) is 1. The molecule has 108 valence electrons. The Balaban J connectivity index is 4.07. The smallest absolute Gasteiger partial charge is 0.282 e. The molecule has 0 fully saturated rings. The summed E-state index contributed by atoms with van der Waals surface area (Å²) in [5.74, 6) is 0. The molecular formula is C6H2ClN3O9S. The van der Waals surface area contributed by atoms with E-state index in [0.717, 1.165) is 0 Å². The minimum Gasteiger partial charge on any atom is -0.282 e. The van der Waals surface area contributed by atoms with Crippen molar-refractivity contribution in [2.75, 3.05) is 0 Å². The zero-order valence-corrected chi connectivity index (χ0v) is 10.5. The molecule has 0 saturated carbocycles. The van der Waals surface area contributed by atoms with Crippen LogP contribution in [0.5, 0.6) is 0 Å². The maximum absolute atomic E-state index is 10.9. The molecule has 0 amide bonds. The van der Waals surface area contributed by atoms with Crippen molar-refractivity contribution in [1.82, 2.24) is 0 Å². The van der Waals surface area contributed by atoms with Gasteiger partial charge in [0, 0.05) is 6.07 Å². The maximum Gasteiger partial charge on any atom is 0.424 e. The van der Waals surface area contributed by atoms with Gasteiger partial charge in [-0.2, -0.15) is 8.42 Å². The Morgan fingerprint density at radius 3 is 1.75 bits per heavy atom. The summed E-state index contributed by atoms with van der Waals surface area (Å²) < 4.78 is 30.7. The summed E-state index contributed by atoms with van der Waals surface area (Å²) in [5.41, 5.74) is -4.67. The van der Waals surface area contributed by atoms with Crippen LogP contribution in [0.15, 0.2) is 11.0 Å². The van der Waals surface area contributed by atoms with E-state index in [4.69, 9.17) is 16.2 Å². The van der Waals surface area contributed by atoms with Gasteiger partial charge in [0.1, 0.15) is 9.92 Å². The van der Waals surface area contributed by atoms with Gasteiger partial charge in [-0.3, -0.25) is 34.9 Å². The van der Waals surface area contributed by atoms with Crippen molar-refractivity contribution in [1.29, 1.82) is 0 Å². The van der Waals surface area contributed by atoms with Gasteiger partial charge in [-0.1, -0.05) is 11.6 Å². The van der Waals surface area contributed by atoms with Gasteiger partial charge in [0.15, 0.2) is 0 Å². The average molecular weight is 328 g/mol. The lowest BCUT2D eigenvalue weighted by atomic mass is 10.2. The Hall–Kier alpha value is -2.38. The first-order chi connectivity index (χ1) is 8.98. The van der Waals surface area contributed by atoms with Gasteiger partial charge in [-0.15, -0.1) is 0 Å². The molecule has 0 aliphatic carbocycles. The van der Waals surface area contributed by atoms with Crippen LogP contribution >= 0.6 is 11.6 Å². The molecule has 0 aliphatic heterocycles. The minimum atomic E-state index is -5.15. The largest absolute Gasteiger partial charge is 0.424 e. The molecule has 0 atom stereocenters. The minimum absolute atomic E-state index is 0.0722. The van der Waals surface area contributed by atoms with E-state index < -0.39 is 51.9 Å². The van der Waals surface area contributed by atoms with E-state index in [-0.39, 0.29) is 6.07 Å². The predicted octanol–water partition coefficient (Wildman–Crippen LogP) is 1.31. The molecule has 0 radical (unpaired) electrons. The second kappa shape index (κ2) is 4.95. The van der Waals surface area contributed by atoms with E-state index in [1.807, 2.05) is 0 Å². The lowest BCUT2D eigenvalue weighted by Gasteiger charge is -2.03. The molecule has 0 bridgehead atoms. The van der Waals surface area contributed by atoms with Crippen molar-refractivity contribution in [2.45, 2.75) is 4.90 Å². The number of hydrogen-bond acceptors (Lipinski definition) is 8. The summed E-state index contributed by atoms with van der Waals surface area (Å²) in [4.78, 5) is 26.4. The van der Waals surface area contributed by atoms with Gasteiger partial charge in [0.05, 0.1) is 14.8 Å². The third-order valence-electron chi connectivity index (χ3n) is 2.00. The van der Waals surface area contributed by atoms with Crippen LogP contribution < -0.4 is 0 Å². The number of halogens is 1. The summed E-state index contributed by atoms with van der Waals surface area (Å²) in [6.07, 6.45) is 0. The number of nitro groups is 3. The molecule has 0 aromatic heterocycles. The Morgan fingerprint density at radius 1 is 1.00 bits per heavy atom. The summed E-state index contributed by atoms with van der Waals surface area (Å²) in [6, 6.07) is 0.0722. The van der Waals surface area contributed by atoms with Crippen molar-refractivity contribution in [3.05, 3.63) is 41.4 Å². The third kappa shape index (κ3) is 2.63. The van der Waals surface area contributed by atoms with E-state index in [1.54, 1.807) is 0 Å². The van der Waals surface area contributed by atoms with Crippen LogP contribution in [-0.2, 0) is 10.1 Å². The number of nitrogens with zero attached hydrogens (tertiary/aromatic N) is 3. The monoisotopic (exact) mass is 327 g/mol. The van der Waals surface area contributed by atoms with E-state index in [1.165, 1.54) is 0 Å².